The number of hydrogen-bond acceptors (Lipinski definition) is 4. The molecule has 0 bridgehead atoms. The molecule has 0 radical (unpaired) electrons. The molecule has 0 amide bonds. The number of benzene rings is 5. The molecule has 50 heavy (non-hydrogen) atoms. The van der Waals surface area contributed by atoms with Crippen LogP contribution < -0.4 is 4.90 Å². The monoisotopic (exact) mass is 651 g/mol. The lowest BCUT2D eigenvalue weighted by atomic mass is 9.85. The molecule has 4 heteroatoms. The van der Waals surface area contributed by atoms with Crippen LogP contribution in [0.5, 0.6) is 5.75 Å². The van der Waals surface area contributed by atoms with Crippen molar-refractivity contribution in [2.75, 3.05) is 4.90 Å². The summed E-state index contributed by atoms with van der Waals surface area (Å²) in [4.78, 5) is 12.2. The van der Waals surface area contributed by atoms with Gasteiger partial charge in [-0.1, -0.05) is 119 Å². The van der Waals surface area contributed by atoms with Gasteiger partial charge in [-0.25, -0.2) is 9.97 Å². The van der Waals surface area contributed by atoms with E-state index >= 15 is 0 Å². The van der Waals surface area contributed by atoms with Gasteiger partial charge in [-0.15, -0.1) is 0 Å². The molecule has 0 fully saturated rings. The first-order valence-electron chi connectivity index (χ1n) is 17.1. The number of phenols is 1. The standard InChI is InChI=1S/C46H41N3O/c1-32(33-16-7-5-8-17-33)34-18-15-19-35(26-34)36-29-42(48-43(30-36)41-22-11-12-23-44(41)50)37-27-38(46(2,3)4)31-40(28-37)49(39-20-9-6-10-21-39)45-24-13-14-25-47-45/h5-32,50H,1-4H3. The molecular formula is C46H41N3O. The Morgan fingerprint density at radius 1 is 0.560 bits per heavy atom. The fourth-order valence-electron chi connectivity index (χ4n) is 6.39. The van der Waals surface area contributed by atoms with Crippen LogP contribution in [0.3, 0.4) is 0 Å². The highest BCUT2D eigenvalue weighted by Gasteiger charge is 2.22. The van der Waals surface area contributed by atoms with Crippen molar-refractivity contribution in [1.82, 2.24) is 9.97 Å². The fourth-order valence-corrected chi connectivity index (χ4v) is 6.39. The Balaban J connectivity index is 1.43. The number of aromatic hydroxyl groups is 1. The van der Waals surface area contributed by atoms with Gasteiger partial charge in [-0.2, -0.15) is 0 Å². The minimum absolute atomic E-state index is 0.142. The van der Waals surface area contributed by atoms with Crippen LogP contribution in [0.15, 0.2) is 164 Å². The number of para-hydroxylation sites is 2. The first-order chi connectivity index (χ1) is 24.2. The summed E-state index contributed by atoms with van der Waals surface area (Å²) >= 11 is 0. The molecule has 0 aliphatic carbocycles. The first-order valence-corrected chi connectivity index (χ1v) is 17.1. The third kappa shape index (κ3) is 6.92. The van der Waals surface area contributed by atoms with Crippen LogP contribution in [0, 0.1) is 0 Å². The third-order valence-corrected chi connectivity index (χ3v) is 9.26. The summed E-state index contributed by atoms with van der Waals surface area (Å²) in [5.74, 6) is 1.26. The summed E-state index contributed by atoms with van der Waals surface area (Å²) in [5, 5.41) is 11.0. The SMILES string of the molecule is CC(c1ccccc1)c1cccc(-c2cc(-c3cc(N(c4ccccc4)c4ccccn4)cc(C(C)(C)C)c3)nc(-c3ccccc3O)c2)c1. The second kappa shape index (κ2) is 13.9. The minimum atomic E-state index is -0.142. The molecule has 0 aliphatic heterocycles. The maximum atomic E-state index is 11.0. The van der Waals surface area contributed by atoms with E-state index in [0.717, 1.165) is 39.6 Å². The molecule has 7 rings (SSSR count). The average molecular weight is 652 g/mol. The van der Waals surface area contributed by atoms with Crippen LogP contribution in [0.2, 0.25) is 0 Å². The van der Waals surface area contributed by atoms with Gasteiger partial charge in [0.05, 0.1) is 11.4 Å². The fraction of sp³-hybridized carbons (Fsp3) is 0.130. The summed E-state index contributed by atoms with van der Waals surface area (Å²) in [6, 6.07) is 54.1. The molecular weight excluding hydrogens is 611 g/mol. The van der Waals surface area contributed by atoms with Gasteiger partial charge in [0, 0.05) is 34.6 Å². The van der Waals surface area contributed by atoms with Crippen molar-refractivity contribution < 1.29 is 5.11 Å². The molecule has 1 atom stereocenters. The predicted molar refractivity (Wildman–Crippen MR) is 207 cm³/mol. The Morgan fingerprint density at radius 2 is 1.24 bits per heavy atom. The molecule has 0 spiro atoms. The Hall–Kier alpha value is -6.00. The summed E-state index contributed by atoms with van der Waals surface area (Å²) in [5.41, 5.74) is 10.9. The van der Waals surface area contributed by atoms with Gasteiger partial charge in [0.25, 0.3) is 0 Å². The van der Waals surface area contributed by atoms with E-state index < -0.39 is 0 Å². The zero-order valence-electron chi connectivity index (χ0n) is 29.0. The van der Waals surface area contributed by atoms with Crippen LogP contribution >= 0.6 is 0 Å². The third-order valence-electron chi connectivity index (χ3n) is 9.26. The molecule has 0 saturated heterocycles. The lowest BCUT2D eigenvalue weighted by Gasteiger charge is -2.28. The maximum absolute atomic E-state index is 11.0. The van der Waals surface area contributed by atoms with Crippen LogP contribution in [0.25, 0.3) is 33.6 Å². The van der Waals surface area contributed by atoms with E-state index in [4.69, 9.17) is 9.97 Å². The lowest BCUT2D eigenvalue weighted by Crippen LogP contribution is -2.15. The minimum Gasteiger partial charge on any atom is -0.507 e. The van der Waals surface area contributed by atoms with E-state index in [2.05, 4.69) is 142 Å². The van der Waals surface area contributed by atoms with Crippen molar-refractivity contribution in [3.8, 4) is 39.4 Å². The number of pyridine rings is 2. The zero-order chi connectivity index (χ0) is 34.7. The molecule has 7 aromatic rings. The van der Waals surface area contributed by atoms with Gasteiger partial charge in [-0.05, 0) is 100.0 Å². The summed E-state index contributed by atoms with van der Waals surface area (Å²) < 4.78 is 0. The van der Waals surface area contributed by atoms with E-state index in [9.17, 15) is 5.11 Å². The first kappa shape index (κ1) is 32.5. The summed E-state index contributed by atoms with van der Waals surface area (Å²) in [6.45, 7) is 8.96. The topological polar surface area (TPSA) is 49.2 Å². The van der Waals surface area contributed by atoms with Gasteiger partial charge in [0.2, 0.25) is 0 Å². The van der Waals surface area contributed by atoms with Crippen molar-refractivity contribution >= 4 is 17.2 Å². The molecule has 1 N–H and O–H groups in total. The Morgan fingerprint density at radius 3 is 1.96 bits per heavy atom. The van der Waals surface area contributed by atoms with Crippen molar-refractivity contribution in [3.05, 3.63) is 181 Å². The van der Waals surface area contributed by atoms with E-state index in [0.29, 0.717) is 11.3 Å². The van der Waals surface area contributed by atoms with Gasteiger partial charge in [-0.3, -0.25) is 4.90 Å². The van der Waals surface area contributed by atoms with Crippen LogP contribution in [0.4, 0.5) is 17.2 Å². The number of hydrogen-bond donors (Lipinski definition) is 1. The average Bonchev–Trinajstić information content (AvgIpc) is 3.15. The zero-order valence-corrected chi connectivity index (χ0v) is 29.0. The van der Waals surface area contributed by atoms with Crippen LogP contribution in [-0.2, 0) is 5.41 Å². The lowest BCUT2D eigenvalue weighted by molar-refractivity contribution is 0.477. The normalized spacial score (nSPS) is 12.0. The van der Waals surface area contributed by atoms with Crippen molar-refractivity contribution in [1.29, 1.82) is 0 Å². The summed E-state index contributed by atoms with van der Waals surface area (Å²) in [7, 11) is 0. The number of anilines is 3. The second-order valence-corrected chi connectivity index (χ2v) is 13.8. The smallest absolute Gasteiger partial charge is 0.137 e. The molecule has 246 valence electrons. The van der Waals surface area contributed by atoms with E-state index in [1.54, 1.807) is 6.07 Å². The van der Waals surface area contributed by atoms with E-state index in [1.807, 2.05) is 48.7 Å². The van der Waals surface area contributed by atoms with Crippen LogP contribution in [-0.4, -0.2) is 15.1 Å². The van der Waals surface area contributed by atoms with Gasteiger partial charge < -0.3 is 5.11 Å². The second-order valence-electron chi connectivity index (χ2n) is 13.8. The van der Waals surface area contributed by atoms with Crippen molar-refractivity contribution in [2.45, 2.75) is 39.0 Å². The molecule has 4 nitrogen and oxygen atoms in total. The highest BCUT2D eigenvalue weighted by molar-refractivity contribution is 5.82. The number of phenolic OH excluding ortho intramolecular Hbond substituents is 1. The Kier molecular flexibility index (Phi) is 9.02. The van der Waals surface area contributed by atoms with E-state index in [1.165, 1.54) is 16.7 Å². The number of nitrogens with zero attached hydrogens (tertiary/aromatic N) is 3. The van der Waals surface area contributed by atoms with E-state index in [-0.39, 0.29) is 17.1 Å². The predicted octanol–water partition coefficient (Wildman–Crippen LogP) is 12.1. The summed E-state index contributed by atoms with van der Waals surface area (Å²) in [6.07, 6.45) is 1.83. The molecule has 2 aromatic heterocycles. The van der Waals surface area contributed by atoms with Crippen molar-refractivity contribution in [2.24, 2.45) is 0 Å². The molecule has 0 aliphatic rings. The molecule has 2 heterocycles. The Bertz CT molecular complexity index is 2190. The molecule has 1 unspecified atom stereocenters. The van der Waals surface area contributed by atoms with Gasteiger partial charge >= 0.3 is 0 Å². The van der Waals surface area contributed by atoms with Crippen LogP contribution in [0.1, 0.15) is 50.3 Å². The number of rotatable bonds is 8. The van der Waals surface area contributed by atoms with Crippen molar-refractivity contribution in [3.63, 3.8) is 0 Å². The highest BCUT2D eigenvalue weighted by atomic mass is 16.3. The highest BCUT2D eigenvalue weighted by Crippen LogP contribution is 2.41. The van der Waals surface area contributed by atoms with Gasteiger partial charge in [0.15, 0.2) is 0 Å². The molecule has 0 saturated carbocycles. The molecule has 5 aromatic carbocycles. The Labute approximate surface area is 295 Å². The number of aromatic nitrogens is 2. The quantitative estimate of drug-likeness (QED) is 0.178. The maximum Gasteiger partial charge on any atom is 0.137 e. The van der Waals surface area contributed by atoms with Gasteiger partial charge in [0.1, 0.15) is 11.6 Å². The largest absolute Gasteiger partial charge is 0.507 e.